The Kier molecular flexibility index (Phi) is 3.00. The molecule has 0 saturated carbocycles. The molecule has 0 aliphatic carbocycles. The van der Waals surface area contributed by atoms with E-state index in [9.17, 15) is 10.1 Å². The summed E-state index contributed by atoms with van der Waals surface area (Å²) in [5, 5.41) is 10.7. The number of halogens is 1. The van der Waals surface area contributed by atoms with Gasteiger partial charge in [-0.3, -0.25) is 10.1 Å². The molecule has 1 rings (SSSR count). The van der Waals surface area contributed by atoms with Gasteiger partial charge in [0, 0.05) is 23.0 Å². The van der Waals surface area contributed by atoms with Gasteiger partial charge in [0.1, 0.15) is 0 Å². The van der Waals surface area contributed by atoms with Gasteiger partial charge in [-0.05, 0) is 12.1 Å². The zero-order valence-corrected chi connectivity index (χ0v) is 8.52. The average molecular weight is 246 g/mol. The Bertz CT molecular complexity index is 304. The molecule has 0 saturated heterocycles. The van der Waals surface area contributed by atoms with Crippen LogP contribution in [0.5, 0.6) is 0 Å². The SMILES string of the molecule is COC(Br)(c1ccccc1)[N+](=O)[O-]. The number of alkyl halides is 1. The lowest BCUT2D eigenvalue weighted by atomic mass is 10.2. The summed E-state index contributed by atoms with van der Waals surface area (Å²) in [6.07, 6.45) is 0. The van der Waals surface area contributed by atoms with Crippen molar-refractivity contribution in [1.29, 1.82) is 0 Å². The first-order valence-electron chi connectivity index (χ1n) is 3.55. The maximum Gasteiger partial charge on any atom is 0.406 e. The molecular weight excluding hydrogens is 238 g/mol. The van der Waals surface area contributed by atoms with Gasteiger partial charge in [0.2, 0.25) is 0 Å². The van der Waals surface area contributed by atoms with Gasteiger partial charge in [0.05, 0.1) is 10.5 Å². The second kappa shape index (κ2) is 3.85. The lowest BCUT2D eigenvalue weighted by Gasteiger charge is -2.16. The highest BCUT2D eigenvalue weighted by molar-refractivity contribution is 9.09. The second-order valence-electron chi connectivity index (χ2n) is 2.39. The van der Waals surface area contributed by atoms with Crippen LogP contribution in [0.1, 0.15) is 5.56 Å². The summed E-state index contributed by atoms with van der Waals surface area (Å²) in [4.78, 5) is 10.2. The minimum Gasteiger partial charge on any atom is -0.305 e. The number of hydrogen-bond donors (Lipinski definition) is 0. The Morgan fingerprint density at radius 3 is 2.38 bits per heavy atom. The van der Waals surface area contributed by atoms with Crippen LogP contribution in [0.3, 0.4) is 0 Å². The van der Waals surface area contributed by atoms with Crippen molar-refractivity contribution >= 4 is 15.9 Å². The van der Waals surface area contributed by atoms with Crippen LogP contribution < -0.4 is 0 Å². The molecule has 0 spiro atoms. The Balaban J connectivity index is 3.11. The first-order chi connectivity index (χ1) is 6.11. The van der Waals surface area contributed by atoms with Crippen LogP contribution in [0.25, 0.3) is 0 Å². The van der Waals surface area contributed by atoms with E-state index in [1.165, 1.54) is 7.11 Å². The van der Waals surface area contributed by atoms with E-state index in [1.54, 1.807) is 30.3 Å². The lowest BCUT2D eigenvalue weighted by Crippen LogP contribution is -2.30. The number of methoxy groups -OCH3 is 1. The summed E-state index contributed by atoms with van der Waals surface area (Å²) < 4.78 is 3.17. The van der Waals surface area contributed by atoms with Crippen LogP contribution in [-0.2, 0) is 9.37 Å². The van der Waals surface area contributed by atoms with Gasteiger partial charge in [-0.1, -0.05) is 18.2 Å². The van der Waals surface area contributed by atoms with Crippen molar-refractivity contribution in [3.63, 3.8) is 0 Å². The molecule has 4 nitrogen and oxygen atoms in total. The van der Waals surface area contributed by atoms with E-state index in [2.05, 4.69) is 15.9 Å². The van der Waals surface area contributed by atoms with Crippen molar-refractivity contribution in [1.82, 2.24) is 0 Å². The Morgan fingerprint density at radius 1 is 1.46 bits per heavy atom. The van der Waals surface area contributed by atoms with Gasteiger partial charge in [-0.2, -0.15) is 0 Å². The first-order valence-corrected chi connectivity index (χ1v) is 4.34. The second-order valence-corrected chi connectivity index (χ2v) is 3.46. The van der Waals surface area contributed by atoms with Crippen LogP contribution >= 0.6 is 15.9 Å². The number of hydrogen-bond acceptors (Lipinski definition) is 3. The molecule has 1 unspecified atom stereocenters. The number of ether oxygens (including phenoxy) is 1. The third kappa shape index (κ3) is 1.87. The summed E-state index contributed by atoms with van der Waals surface area (Å²) in [6.45, 7) is 0. The van der Waals surface area contributed by atoms with Crippen molar-refractivity contribution in [2.24, 2.45) is 0 Å². The number of nitrogens with zero attached hydrogens (tertiary/aromatic N) is 1. The zero-order valence-electron chi connectivity index (χ0n) is 6.94. The normalized spacial score (nSPS) is 14.9. The largest absolute Gasteiger partial charge is 0.406 e. The summed E-state index contributed by atoms with van der Waals surface area (Å²) in [5.74, 6) is 0. The number of benzene rings is 1. The van der Waals surface area contributed by atoms with Crippen LogP contribution in [0.15, 0.2) is 30.3 Å². The molecule has 13 heavy (non-hydrogen) atoms. The van der Waals surface area contributed by atoms with E-state index in [-0.39, 0.29) is 0 Å². The van der Waals surface area contributed by atoms with Crippen molar-refractivity contribution in [3.8, 4) is 0 Å². The fourth-order valence-electron chi connectivity index (χ4n) is 0.942. The fraction of sp³-hybridized carbons (Fsp3) is 0.250. The quantitative estimate of drug-likeness (QED) is 0.270. The Labute approximate surface area is 83.8 Å². The molecule has 70 valence electrons. The summed E-state index contributed by atoms with van der Waals surface area (Å²) >= 11 is 2.94. The van der Waals surface area contributed by atoms with Crippen LogP contribution in [0.4, 0.5) is 0 Å². The third-order valence-corrected chi connectivity index (χ3v) is 2.71. The molecule has 1 atom stereocenters. The van der Waals surface area contributed by atoms with Crippen LogP contribution in [0.2, 0.25) is 0 Å². The molecule has 0 amide bonds. The Hall–Kier alpha value is -0.940. The van der Waals surface area contributed by atoms with Gasteiger partial charge in [-0.25, -0.2) is 0 Å². The van der Waals surface area contributed by atoms with Gasteiger partial charge >= 0.3 is 4.63 Å². The van der Waals surface area contributed by atoms with Crippen molar-refractivity contribution in [2.45, 2.75) is 4.63 Å². The maximum absolute atomic E-state index is 10.7. The zero-order chi connectivity index (χ0) is 9.90. The molecule has 0 aromatic heterocycles. The monoisotopic (exact) mass is 245 g/mol. The standard InChI is InChI=1S/C8H8BrNO3/c1-13-8(9,10(11)12)7-5-3-2-4-6-7/h2-6H,1H3. The van der Waals surface area contributed by atoms with E-state index in [0.717, 1.165) is 0 Å². The van der Waals surface area contributed by atoms with E-state index < -0.39 is 9.56 Å². The smallest absolute Gasteiger partial charge is 0.305 e. The molecule has 0 bridgehead atoms. The van der Waals surface area contributed by atoms with Gasteiger partial charge in [0.15, 0.2) is 0 Å². The average Bonchev–Trinajstić information content (AvgIpc) is 2.17. The van der Waals surface area contributed by atoms with E-state index in [0.29, 0.717) is 5.56 Å². The highest BCUT2D eigenvalue weighted by Gasteiger charge is 2.42. The van der Waals surface area contributed by atoms with Crippen LogP contribution in [0, 0.1) is 10.1 Å². The highest BCUT2D eigenvalue weighted by atomic mass is 79.9. The lowest BCUT2D eigenvalue weighted by molar-refractivity contribution is -0.598. The highest BCUT2D eigenvalue weighted by Crippen LogP contribution is 2.32. The van der Waals surface area contributed by atoms with Crippen molar-refractivity contribution in [3.05, 3.63) is 46.0 Å². The maximum atomic E-state index is 10.7. The van der Waals surface area contributed by atoms with Gasteiger partial charge in [-0.15, -0.1) is 0 Å². The van der Waals surface area contributed by atoms with Gasteiger partial charge in [0.25, 0.3) is 0 Å². The third-order valence-electron chi connectivity index (χ3n) is 1.64. The van der Waals surface area contributed by atoms with E-state index in [4.69, 9.17) is 4.74 Å². The number of nitro groups is 1. The predicted octanol–water partition coefficient (Wildman–Crippen LogP) is 2.11. The number of rotatable bonds is 3. The van der Waals surface area contributed by atoms with E-state index >= 15 is 0 Å². The molecule has 0 radical (unpaired) electrons. The van der Waals surface area contributed by atoms with Gasteiger partial charge < -0.3 is 4.74 Å². The first kappa shape index (κ1) is 10.1. The summed E-state index contributed by atoms with van der Waals surface area (Å²) in [5.41, 5.74) is 0.461. The summed E-state index contributed by atoms with van der Waals surface area (Å²) in [7, 11) is 1.28. The summed E-state index contributed by atoms with van der Waals surface area (Å²) in [6, 6.07) is 8.47. The predicted molar refractivity (Wildman–Crippen MR) is 51.1 cm³/mol. The minimum atomic E-state index is -1.63. The molecule has 1 aromatic carbocycles. The van der Waals surface area contributed by atoms with Crippen molar-refractivity contribution < 1.29 is 9.66 Å². The molecule has 1 aromatic rings. The molecular formula is C8H8BrNO3. The molecule has 0 aliphatic rings. The van der Waals surface area contributed by atoms with E-state index in [1.807, 2.05) is 0 Å². The van der Waals surface area contributed by atoms with Crippen LogP contribution in [-0.4, -0.2) is 12.0 Å². The van der Waals surface area contributed by atoms with Crippen molar-refractivity contribution in [2.75, 3.05) is 7.11 Å². The minimum absolute atomic E-state index is 0.461. The molecule has 5 heteroatoms. The molecule has 0 heterocycles. The molecule has 0 N–H and O–H groups in total. The molecule has 0 fully saturated rings. The fourth-order valence-corrected chi connectivity index (χ4v) is 1.21. The molecule has 0 aliphatic heterocycles. The Morgan fingerprint density at radius 2 is 2.00 bits per heavy atom. The topological polar surface area (TPSA) is 52.4 Å².